The van der Waals surface area contributed by atoms with Crippen LogP contribution in [-0.2, 0) is 10.0 Å². The summed E-state index contributed by atoms with van der Waals surface area (Å²) in [6.45, 7) is 0.832. The van der Waals surface area contributed by atoms with Crippen molar-refractivity contribution in [1.82, 2.24) is 9.21 Å². The van der Waals surface area contributed by atoms with Gasteiger partial charge in [-0.1, -0.05) is 27.5 Å². The molecule has 3 rings (SSSR count). The maximum Gasteiger partial charge on any atom is 0.255 e. The van der Waals surface area contributed by atoms with Crippen LogP contribution in [0.5, 0.6) is 0 Å². The van der Waals surface area contributed by atoms with Crippen molar-refractivity contribution in [3.05, 3.63) is 63.3 Å². The van der Waals surface area contributed by atoms with Crippen LogP contribution in [0.2, 0.25) is 5.02 Å². The Hall–Kier alpha value is -1.48. The van der Waals surface area contributed by atoms with Crippen LogP contribution in [0.15, 0.2) is 51.8 Å². The molecule has 1 fully saturated rings. The Bertz CT molecular complexity index is 930. The third-order valence-electron chi connectivity index (χ3n) is 4.14. The molecule has 1 aliphatic heterocycles. The van der Waals surface area contributed by atoms with Crippen molar-refractivity contribution in [2.45, 2.75) is 4.90 Å². The monoisotopic (exact) mass is 460 g/mol. The third kappa shape index (κ3) is 3.93. The fraction of sp³-hybridized carbons (Fsp3) is 0.235. The van der Waals surface area contributed by atoms with Crippen LogP contribution in [0.25, 0.3) is 0 Å². The van der Waals surface area contributed by atoms with Gasteiger partial charge in [0.1, 0.15) is 5.82 Å². The molecule has 0 spiro atoms. The number of halogens is 3. The van der Waals surface area contributed by atoms with Crippen molar-refractivity contribution in [3.63, 3.8) is 0 Å². The van der Waals surface area contributed by atoms with Gasteiger partial charge >= 0.3 is 0 Å². The molecule has 1 saturated heterocycles. The van der Waals surface area contributed by atoms with E-state index in [2.05, 4.69) is 15.9 Å². The second kappa shape index (κ2) is 7.64. The highest BCUT2D eigenvalue weighted by Gasteiger charge is 2.31. The zero-order valence-corrected chi connectivity index (χ0v) is 16.7. The lowest BCUT2D eigenvalue weighted by Crippen LogP contribution is -2.50. The maximum atomic E-state index is 13.0. The summed E-state index contributed by atoms with van der Waals surface area (Å²) < 4.78 is 40.3. The molecule has 2 aromatic carbocycles. The molecule has 0 atom stereocenters. The van der Waals surface area contributed by atoms with Gasteiger partial charge in [0.25, 0.3) is 5.91 Å². The van der Waals surface area contributed by atoms with E-state index in [0.29, 0.717) is 10.6 Å². The van der Waals surface area contributed by atoms with E-state index < -0.39 is 15.8 Å². The lowest BCUT2D eigenvalue weighted by molar-refractivity contribution is 0.0698. The van der Waals surface area contributed by atoms with Gasteiger partial charge in [-0.05, 0) is 42.5 Å². The number of benzene rings is 2. The number of amides is 1. The number of hydrogen-bond donors (Lipinski definition) is 0. The highest BCUT2D eigenvalue weighted by atomic mass is 79.9. The number of carbonyl (C=O) groups excluding carboxylic acids is 1. The highest BCUT2D eigenvalue weighted by molar-refractivity contribution is 9.10. The number of piperazine rings is 1. The number of sulfonamides is 1. The summed E-state index contributed by atoms with van der Waals surface area (Å²) in [6.07, 6.45) is 0. The molecule has 5 nitrogen and oxygen atoms in total. The van der Waals surface area contributed by atoms with Crippen molar-refractivity contribution in [1.29, 1.82) is 0 Å². The standard InChI is InChI=1S/C17H15BrClFN2O3S/c18-12-1-6-16(19)15(11-12)17(23)21-7-9-22(10-8-21)26(24,25)14-4-2-13(20)3-5-14/h1-6,11H,7-10H2. The van der Waals surface area contributed by atoms with Crippen LogP contribution in [0.3, 0.4) is 0 Å². The molecule has 0 radical (unpaired) electrons. The summed E-state index contributed by atoms with van der Waals surface area (Å²) in [5.41, 5.74) is 0.371. The number of hydrogen-bond acceptors (Lipinski definition) is 3. The molecule has 0 aromatic heterocycles. The molecule has 1 amide bonds. The minimum Gasteiger partial charge on any atom is -0.336 e. The van der Waals surface area contributed by atoms with Crippen molar-refractivity contribution in [3.8, 4) is 0 Å². The average molecular weight is 462 g/mol. The largest absolute Gasteiger partial charge is 0.336 e. The van der Waals surface area contributed by atoms with Gasteiger partial charge < -0.3 is 4.90 Å². The average Bonchev–Trinajstić information content (AvgIpc) is 2.63. The summed E-state index contributed by atoms with van der Waals surface area (Å²) >= 11 is 9.41. The minimum atomic E-state index is -3.71. The number of rotatable bonds is 3. The van der Waals surface area contributed by atoms with E-state index >= 15 is 0 Å². The van der Waals surface area contributed by atoms with E-state index in [4.69, 9.17) is 11.6 Å². The Morgan fingerprint density at radius 1 is 1.04 bits per heavy atom. The molecular formula is C17H15BrClFN2O3S. The smallest absolute Gasteiger partial charge is 0.255 e. The molecule has 26 heavy (non-hydrogen) atoms. The molecule has 1 aliphatic rings. The van der Waals surface area contributed by atoms with Crippen molar-refractivity contribution in [2.75, 3.05) is 26.2 Å². The fourth-order valence-electron chi connectivity index (χ4n) is 2.72. The van der Waals surface area contributed by atoms with Crippen LogP contribution in [0.1, 0.15) is 10.4 Å². The summed E-state index contributed by atoms with van der Waals surface area (Å²) in [6, 6.07) is 9.73. The summed E-state index contributed by atoms with van der Waals surface area (Å²) in [4.78, 5) is 14.3. The lowest BCUT2D eigenvalue weighted by atomic mass is 10.2. The Morgan fingerprint density at radius 2 is 1.65 bits per heavy atom. The van der Waals surface area contributed by atoms with Gasteiger partial charge in [-0.2, -0.15) is 4.31 Å². The number of carbonyl (C=O) groups is 1. The SMILES string of the molecule is O=C(c1cc(Br)ccc1Cl)N1CCN(S(=O)(=O)c2ccc(F)cc2)CC1. The van der Waals surface area contributed by atoms with E-state index in [1.165, 1.54) is 16.4 Å². The first-order valence-corrected chi connectivity index (χ1v) is 10.4. The minimum absolute atomic E-state index is 0.0358. The van der Waals surface area contributed by atoms with Crippen molar-refractivity contribution >= 4 is 43.5 Å². The van der Waals surface area contributed by atoms with Gasteiger partial charge in [-0.3, -0.25) is 4.79 Å². The Labute approximate surface area is 164 Å². The zero-order valence-electron chi connectivity index (χ0n) is 13.5. The zero-order chi connectivity index (χ0) is 18.9. The predicted molar refractivity (Wildman–Crippen MR) is 100 cm³/mol. The van der Waals surface area contributed by atoms with Gasteiger partial charge in [0.05, 0.1) is 15.5 Å². The van der Waals surface area contributed by atoms with Crippen LogP contribution < -0.4 is 0 Å². The number of nitrogens with zero attached hydrogens (tertiary/aromatic N) is 2. The van der Waals surface area contributed by atoms with Crippen LogP contribution >= 0.6 is 27.5 Å². The van der Waals surface area contributed by atoms with Crippen molar-refractivity contribution < 1.29 is 17.6 Å². The van der Waals surface area contributed by atoms with Crippen LogP contribution in [0, 0.1) is 5.82 Å². The fourth-order valence-corrected chi connectivity index (χ4v) is 4.70. The Morgan fingerprint density at radius 3 is 2.27 bits per heavy atom. The summed E-state index contributed by atoms with van der Waals surface area (Å²) in [5.74, 6) is -0.736. The second-order valence-corrected chi connectivity index (χ2v) is 9.04. The predicted octanol–water partition coefficient (Wildman–Crippen LogP) is 3.39. The van der Waals surface area contributed by atoms with Gasteiger partial charge in [-0.15, -0.1) is 0 Å². The molecule has 0 bridgehead atoms. The van der Waals surface area contributed by atoms with Gasteiger partial charge in [0, 0.05) is 30.7 Å². The van der Waals surface area contributed by atoms with Crippen LogP contribution in [-0.4, -0.2) is 49.7 Å². The van der Waals surface area contributed by atoms with Gasteiger partial charge in [0.15, 0.2) is 0 Å². The first-order chi connectivity index (χ1) is 12.3. The Balaban J connectivity index is 1.71. The molecule has 138 valence electrons. The van der Waals surface area contributed by atoms with E-state index in [-0.39, 0.29) is 37.0 Å². The topological polar surface area (TPSA) is 57.7 Å². The lowest BCUT2D eigenvalue weighted by Gasteiger charge is -2.34. The van der Waals surface area contributed by atoms with Gasteiger partial charge in [0.2, 0.25) is 10.0 Å². The normalized spacial score (nSPS) is 15.9. The van der Waals surface area contributed by atoms with E-state index in [1.54, 1.807) is 23.1 Å². The van der Waals surface area contributed by atoms with E-state index in [9.17, 15) is 17.6 Å². The molecular weight excluding hydrogens is 447 g/mol. The van der Waals surface area contributed by atoms with Crippen molar-refractivity contribution in [2.24, 2.45) is 0 Å². The van der Waals surface area contributed by atoms with Crippen LogP contribution in [0.4, 0.5) is 4.39 Å². The highest BCUT2D eigenvalue weighted by Crippen LogP contribution is 2.24. The first kappa shape index (κ1) is 19.3. The maximum absolute atomic E-state index is 13.0. The third-order valence-corrected chi connectivity index (χ3v) is 6.87. The second-order valence-electron chi connectivity index (χ2n) is 5.77. The molecule has 1 heterocycles. The van der Waals surface area contributed by atoms with E-state index in [0.717, 1.165) is 16.6 Å². The molecule has 9 heteroatoms. The molecule has 2 aromatic rings. The van der Waals surface area contributed by atoms with E-state index in [1.807, 2.05) is 0 Å². The molecule has 0 saturated carbocycles. The Kier molecular flexibility index (Phi) is 5.67. The molecule has 0 aliphatic carbocycles. The summed E-state index contributed by atoms with van der Waals surface area (Å²) in [7, 11) is -3.71. The summed E-state index contributed by atoms with van der Waals surface area (Å²) in [5, 5.41) is 0.347. The van der Waals surface area contributed by atoms with Gasteiger partial charge in [-0.25, -0.2) is 12.8 Å². The quantitative estimate of drug-likeness (QED) is 0.704. The molecule has 0 N–H and O–H groups in total. The first-order valence-electron chi connectivity index (χ1n) is 7.79. The molecule has 0 unspecified atom stereocenters.